The number of hydrogen-bond acceptors (Lipinski definition) is 5. The highest BCUT2D eigenvalue weighted by Crippen LogP contribution is 2.10. The Morgan fingerprint density at radius 1 is 1.38 bits per heavy atom. The summed E-state index contributed by atoms with van der Waals surface area (Å²) in [4.78, 5) is 14.2. The molecule has 0 aliphatic carbocycles. The average molecular weight is 330 g/mol. The van der Waals surface area contributed by atoms with E-state index in [4.69, 9.17) is 9.26 Å². The Morgan fingerprint density at radius 3 is 2.96 bits per heavy atom. The normalized spacial score (nSPS) is 18.3. The van der Waals surface area contributed by atoms with E-state index < -0.39 is 0 Å². The smallest absolute Gasteiger partial charge is 0.320 e. The van der Waals surface area contributed by atoms with E-state index in [1.54, 1.807) is 13.0 Å². The molecule has 2 N–H and O–H groups in total. The zero-order chi connectivity index (χ0) is 16.8. The lowest BCUT2D eigenvalue weighted by molar-refractivity contribution is -0.0285. The number of nitrogens with one attached hydrogen (secondary N) is 2. The first-order valence-corrected chi connectivity index (χ1v) is 8.05. The molecule has 1 aromatic carbocycles. The second-order valence-corrected chi connectivity index (χ2v) is 5.87. The monoisotopic (exact) mass is 330 g/mol. The molecule has 2 amide bonds. The zero-order valence-corrected chi connectivity index (χ0v) is 13.7. The minimum atomic E-state index is -0.313. The van der Waals surface area contributed by atoms with Crippen LogP contribution in [-0.2, 0) is 11.3 Å². The Hall–Kier alpha value is -2.38. The fourth-order valence-corrected chi connectivity index (χ4v) is 2.68. The summed E-state index contributed by atoms with van der Waals surface area (Å²) in [5, 5.41) is 9.16. The summed E-state index contributed by atoms with van der Waals surface area (Å²) in [5.41, 5.74) is 1.28. The van der Waals surface area contributed by atoms with Gasteiger partial charge in [0, 0.05) is 32.2 Å². The highest BCUT2D eigenvalue weighted by atomic mass is 16.5. The predicted molar refractivity (Wildman–Crippen MR) is 89.7 cm³/mol. The second-order valence-electron chi connectivity index (χ2n) is 5.87. The number of amides is 2. The maximum absolute atomic E-state index is 11.9. The van der Waals surface area contributed by atoms with Crippen molar-refractivity contribution in [3.8, 4) is 0 Å². The highest BCUT2D eigenvalue weighted by molar-refractivity contribution is 5.88. The molecule has 0 saturated carbocycles. The molecule has 3 rings (SSSR count). The Morgan fingerprint density at radius 2 is 2.21 bits per heavy atom. The minimum Gasteiger partial charge on any atom is -0.374 e. The van der Waals surface area contributed by atoms with Crippen LogP contribution in [0.2, 0.25) is 0 Å². The number of ether oxygens (including phenoxy) is 1. The number of aromatic nitrogens is 1. The SMILES string of the molecule is Cc1cc(NC(=O)NCC2CN(Cc3ccccc3)CCO2)no1. The first-order chi connectivity index (χ1) is 11.7. The van der Waals surface area contributed by atoms with Crippen LogP contribution in [0.15, 0.2) is 40.9 Å². The molecule has 1 unspecified atom stereocenters. The van der Waals surface area contributed by atoms with Gasteiger partial charge < -0.3 is 14.6 Å². The van der Waals surface area contributed by atoms with Crippen LogP contribution in [-0.4, -0.2) is 48.4 Å². The predicted octanol–water partition coefficient (Wildman–Crippen LogP) is 2.01. The van der Waals surface area contributed by atoms with Gasteiger partial charge in [-0.1, -0.05) is 35.5 Å². The van der Waals surface area contributed by atoms with Crippen LogP contribution in [0.25, 0.3) is 0 Å². The number of morpholine rings is 1. The van der Waals surface area contributed by atoms with E-state index >= 15 is 0 Å². The number of hydrogen-bond donors (Lipinski definition) is 2. The van der Waals surface area contributed by atoms with Gasteiger partial charge in [-0.15, -0.1) is 0 Å². The number of carbonyl (C=O) groups is 1. The molecule has 1 atom stereocenters. The maximum atomic E-state index is 11.9. The van der Waals surface area contributed by atoms with E-state index in [0.29, 0.717) is 24.7 Å². The molecule has 1 aromatic heterocycles. The second kappa shape index (κ2) is 7.94. The van der Waals surface area contributed by atoms with E-state index in [0.717, 1.165) is 19.6 Å². The van der Waals surface area contributed by atoms with Gasteiger partial charge in [-0.25, -0.2) is 4.79 Å². The zero-order valence-electron chi connectivity index (χ0n) is 13.7. The van der Waals surface area contributed by atoms with Gasteiger partial charge in [0.05, 0.1) is 12.7 Å². The van der Waals surface area contributed by atoms with Crippen LogP contribution in [0.4, 0.5) is 10.6 Å². The first kappa shape index (κ1) is 16.5. The molecule has 24 heavy (non-hydrogen) atoms. The summed E-state index contributed by atoms with van der Waals surface area (Å²) in [5.74, 6) is 1.05. The molecule has 2 aromatic rings. The van der Waals surface area contributed by atoms with Gasteiger partial charge in [-0.3, -0.25) is 10.2 Å². The van der Waals surface area contributed by atoms with Gasteiger partial charge in [0.25, 0.3) is 0 Å². The van der Waals surface area contributed by atoms with Gasteiger partial charge in [-0.05, 0) is 12.5 Å². The average Bonchev–Trinajstić information content (AvgIpc) is 2.99. The van der Waals surface area contributed by atoms with E-state index in [2.05, 4.69) is 32.8 Å². The van der Waals surface area contributed by atoms with Gasteiger partial charge >= 0.3 is 6.03 Å². The van der Waals surface area contributed by atoms with Crippen molar-refractivity contribution in [2.24, 2.45) is 0 Å². The lowest BCUT2D eigenvalue weighted by Crippen LogP contribution is -2.47. The van der Waals surface area contributed by atoms with Crippen molar-refractivity contribution in [1.29, 1.82) is 0 Å². The van der Waals surface area contributed by atoms with Gasteiger partial charge in [0.2, 0.25) is 0 Å². The van der Waals surface area contributed by atoms with Gasteiger partial charge in [0.15, 0.2) is 5.82 Å². The molecule has 0 bridgehead atoms. The summed E-state index contributed by atoms with van der Waals surface area (Å²) < 4.78 is 10.6. The molecule has 7 heteroatoms. The van der Waals surface area contributed by atoms with Crippen LogP contribution in [0.5, 0.6) is 0 Å². The summed E-state index contributed by atoms with van der Waals surface area (Å²) in [6, 6.07) is 11.7. The highest BCUT2D eigenvalue weighted by Gasteiger charge is 2.21. The van der Waals surface area contributed by atoms with E-state index in [1.807, 2.05) is 18.2 Å². The molecule has 1 saturated heterocycles. The fraction of sp³-hybridized carbons (Fsp3) is 0.412. The summed E-state index contributed by atoms with van der Waals surface area (Å²) in [6.45, 7) is 5.48. The largest absolute Gasteiger partial charge is 0.374 e. The van der Waals surface area contributed by atoms with Crippen LogP contribution in [0.1, 0.15) is 11.3 Å². The Balaban J connectivity index is 1.42. The topological polar surface area (TPSA) is 79.6 Å². The molecule has 1 aliphatic heterocycles. The first-order valence-electron chi connectivity index (χ1n) is 8.05. The molecule has 1 aliphatic rings. The van der Waals surface area contributed by atoms with E-state index in [1.165, 1.54) is 5.56 Å². The van der Waals surface area contributed by atoms with Crippen molar-refractivity contribution in [3.63, 3.8) is 0 Å². The summed E-state index contributed by atoms with van der Waals surface area (Å²) in [7, 11) is 0. The van der Waals surface area contributed by atoms with Crippen LogP contribution in [0.3, 0.4) is 0 Å². The maximum Gasteiger partial charge on any atom is 0.320 e. The lowest BCUT2D eigenvalue weighted by atomic mass is 10.2. The van der Waals surface area contributed by atoms with Gasteiger partial charge in [0.1, 0.15) is 5.76 Å². The van der Waals surface area contributed by atoms with Gasteiger partial charge in [-0.2, -0.15) is 0 Å². The van der Waals surface area contributed by atoms with Crippen LogP contribution in [0, 0.1) is 6.92 Å². The molecule has 0 spiro atoms. The van der Waals surface area contributed by atoms with Crippen LogP contribution < -0.4 is 10.6 Å². The van der Waals surface area contributed by atoms with Crippen molar-refractivity contribution < 1.29 is 14.1 Å². The summed E-state index contributed by atoms with van der Waals surface area (Å²) >= 11 is 0. The molecular formula is C17H22N4O3. The van der Waals surface area contributed by atoms with Crippen molar-refractivity contribution in [2.45, 2.75) is 19.6 Å². The molecule has 0 radical (unpaired) electrons. The number of anilines is 1. The third-order valence-electron chi connectivity index (χ3n) is 3.83. The van der Waals surface area contributed by atoms with Crippen molar-refractivity contribution in [3.05, 3.63) is 47.7 Å². The Labute approximate surface area is 141 Å². The Bertz CT molecular complexity index is 659. The number of carbonyl (C=O) groups excluding carboxylic acids is 1. The van der Waals surface area contributed by atoms with Crippen LogP contribution >= 0.6 is 0 Å². The quantitative estimate of drug-likeness (QED) is 0.876. The molecule has 1 fully saturated rings. The van der Waals surface area contributed by atoms with E-state index in [9.17, 15) is 4.79 Å². The third-order valence-corrected chi connectivity index (χ3v) is 3.83. The standard InChI is InChI=1S/C17H22N4O3/c1-13-9-16(20-24-13)19-17(22)18-10-15-12-21(7-8-23-15)11-14-5-3-2-4-6-14/h2-6,9,15H,7-8,10-12H2,1H3,(H2,18,19,20,22). The number of aryl methyl sites for hydroxylation is 1. The Kier molecular flexibility index (Phi) is 5.45. The van der Waals surface area contributed by atoms with Crippen molar-refractivity contribution >= 4 is 11.8 Å². The molecular weight excluding hydrogens is 308 g/mol. The number of urea groups is 1. The number of rotatable bonds is 5. The fourth-order valence-electron chi connectivity index (χ4n) is 2.68. The summed E-state index contributed by atoms with van der Waals surface area (Å²) in [6.07, 6.45) is -0.0211. The van der Waals surface area contributed by atoms with Crippen molar-refractivity contribution in [2.75, 3.05) is 31.6 Å². The molecule has 7 nitrogen and oxygen atoms in total. The van der Waals surface area contributed by atoms with Crippen molar-refractivity contribution in [1.82, 2.24) is 15.4 Å². The number of nitrogens with zero attached hydrogens (tertiary/aromatic N) is 2. The van der Waals surface area contributed by atoms with E-state index in [-0.39, 0.29) is 12.1 Å². The number of benzene rings is 1. The lowest BCUT2D eigenvalue weighted by Gasteiger charge is -2.33. The molecule has 2 heterocycles. The minimum absolute atomic E-state index is 0.0211. The molecule has 128 valence electrons. The third kappa shape index (κ3) is 4.81.